The van der Waals surface area contributed by atoms with Crippen molar-refractivity contribution in [3.8, 4) is 0 Å². The molecule has 74 valence electrons. The summed E-state index contributed by atoms with van der Waals surface area (Å²) in [5.74, 6) is 1.35. The van der Waals surface area contributed by atoms with Gasteiger partial charge in [-0.3, -0.25) is 0 Å². The van der Waals surface area contributed by atoms with Gasteiger partial charge in [-0.25, -0.2) is 4.99 Å². The largest absolute Gasteiger partial charge is 0.387 e. The van der Waals surface area contributed by atoms with E-state index < -0.39 is 0 Å². The van der Waals surface area contributed by atoms with Gasteiger partial charge in [-0.1, -0.05) is 17.7 Å². The molecule has 0 radical (unpaired) electrons. The first-order chi connectivity index (χ1) is 6.66. The molecule has 1 aromatic rings. The number of nitrogens with zero attached hydrogens (tertiary/aromatic N) is 1. The third-order valence-electron chi connectivity index (χ3n) is 2.60. The number of hydrogen-bond acceptors (Lipinski definition) is 1. The van der Waals surface area contributed by atoms with Gasteiger partial charge in [0.05, 0.1) is 5.69 Å². The SMILES string of the molecule is Cc1ccc(N=C(N)C2CC2)c(C)c1. The standard InChI is InChI=1S/C12H16N2/c1-8-3-6-11(9(2)7-8)14-12(13)10-4-5-10/h3,6-7,10H,4-5H2,1-2H3,(H2,13,14). The first kappa shape index (κ1) is 9.25. The molecule has 0 heterocycles. The van der Waals surface area contributed by atoms with Gasteiger partial charge in [0, 0.05) is 5.92 Å². The second-order valence-electron chi connectivity index (χ2n) is 4.10. The molecular formula is C12H16N2. The summed E-state index contributed by atoms with van der Waals surface area (Å²) in [4.78, 5) is 4.46. The smallest absolute Gasteiger partial charge is 0.103 e. The van der Waals surface area contributed by atoms with Crippen LogP contribution in [0, 0.1) is 19.8 Å². The molecule has 1 aliphatic rings. The van der Waals surface area contributed by atoms with Crippen LogP contribution in [0.3, 0.4) is 0 Å². The summed E-state index contributed by atoms with van der Waals surface area (Å²) in [6, 6.07) is 6.25. The van der Waals surface area contributed by atoms with Crippen LogP contribution in [0.5, 0.6) is 0 Å². The molecule has 0 aliphatic heterocycles. The van der Waals surface area contributed by atoms with E-state index in [1.807, 2.05) is 6.07 Å². The van der Waals surface area contributed by atoms with Gasteiger partial charge in [0.25, 0.3) is 0 Å². The van der Waals surface area contributed by atoms with Gasteiger partial charge in [-0.15, -0.1) is 0 Å². The lowest BCUT2D eigenvalue weighted by molar-refractivity contribution is 1.15. The van der Waals surface area contributed by atoms with E-state index in [9.17, 15) is 0 Å². The normalized spacial score (nSPS) is 17.1. The van der Waals surface area contributed by atoms with Crippen molar-refractivity contribution in [2.24, 2.45) is 16.6 Å². The number of benzene rings is 1. The number of aliphatic imine (C=N–C) groups is 1. The van der Waals surface area contributed by atoms with Crippen molar-refractivity contribution in [2.45, 2.75) is 26.7 Å². The Morgan fingerprint density at radius 1 is 1.36 bits per heavy atom. The molecular weight excluding hydrogens is 172 g/mol. The fourth-order valence-corrected chi connectivity index (χ4v) is 1.54. The molecule has 2 rings (SSSR count). The maximum absolute atomic E-state index is 5.87. The molecule has 2 nitrogen and oxygen atoms in total. The van der Waals surface area contributed by atoms with Gasteiger partial charge in [-0.05, 0) is 38.3 Å². The van der Waals surface area contributed by atoms with Crippen LogP contribution in [0.4, 0.5) is 5.69 Å². The van der Waals surface area contributed by atoms with Crippen LogP contribution in [0.15, 0.2) is 23.2 Å². The Morgan fingerprint density at radius 2 is 2.07 bits per heavy atom. The first-order valence-corrected chi connectivity index (χ1v) is 5.08. The van der Waals surface area contributed by atoms with Crippen molar-refractivity contribution in [1.82, 2.24) is 0 Å². The maximum Gasteiger partial charge on any atom is 0.103 e. The van der Waals surface area contributed by atoms with Crippen LogP contribution in [0.1, 0.15) is 24.0 Å². The lowest BCUT2D eigenvalue weighted by atomic mass is 10.1. The minimum Gasteiger partial charge on any atom is -0.387 e. The van der Waals surface area contributed by atoms with Crippen LogP contribution >= 0.6 is 0 Å². The Balaban J connectivity index is 2.27. The van der Waals surface area contributed by atoms with Crippen molar-refractivity contribution in [1.29, 1.82) is 0 Å². The molecule has 1 aromatic carbocycles. The zero-order valence-electron chi connectivity index (χ0n) is 8.75. The van der Waals surface area contributed by atoms with Gasteiger partial charge < -0.3 is 5.73 Å². The fourth-order valence-electron chi connectivity index (χ4n) is 1.54. The molecule has 1 aliphatic carbocycles. The third kappa shape index (κ3) is 1.95. The topological polar surface area (TPSA) is 38.4 Å². The van der Waals surface area contributed by atoms with Crippen LogP contribution in [0.2, 0.25) is 0 Å². The van der Waals surface area contributed by atoms with Crippen molar-refractivity contribution in [3.05, 3.63) is 29.3 Å². The average molecular weight is 188 g/mol. The predicted octanol–water partition coefficient (Wildman–Crippen LogP) is 2.70. The van der Waals surface area contributed by atoms with Crippen LogP contribution in [-0.4, -0.2) is 5.84 Å². The van der Waals surface area contributed by atoms with Crippen LogP contribution in [0.25, 0.3) is 0 Å². The second kappa shape index (κ2) is 3.45. The Morgan fingerprint density at radius 3 is 2.64 bits per heavy atom. The molecule has 0 aromatic heterocycles. The van der Waals surface area contributed by atoms with E-state index in [0.717, 1.165) is 11.5 Å². The summed E-state index contributed by atoms with van der Waals surface area (Å²) in [5, 5.41) is 0. The Kier molecular flexibility index (Phi) is 2.28. The van der Waals surface area contributed by atoms with Crippen molar-refractivity contribution < 1.29 is 0 Å². The summed E-state index contributed by atoms with van der Waals surface area (Å²) in [6.07, 6.45) is 2.42. The molecule has 1 saturated carbocycles. The number of rotatable bonds is 2. The lowest BCUT2D eigenvalue weighted by Gasteiger charge is -2.03. The highest BCUT2D eigenvalue weighted by atomic mass is 14.9. The molecule has 2 N–H and O–H groups in total. The number of nitrogens with two attached hydrogens (primary N) is 1. The molecule has 0 atom stereocenters. The highest BCUT2D eigenvalue weighted by Gasteiger charge is 2.25. The van der Waals surface area contributed by atoms with E-state index >= 15 is 0 Å². The zero-order valence-corrected chi connectivity index (χ0v) is 8.75. The molecule has 0 saturated heterocycles. The lowest BCUT2D eigenvalue weighted by Crippen LogP contribution is -2.13. The molecule has 14 heavy (non-hydrogen) atoms. The quantitative estimate of drug-likeness (QED) is 0.562. The highest BCUT2D eigenvalue weighted by Crippen LogP contribution is 2.30. The third-order valence-corrected chi connectivity index (χ3v) is 2.60. The van der Waals surface area contributed by atoms with E-state index in [1.165, 1.54) is 24.0 Å². The van der Waals surface area contributed by atoms with Crippen molar-refractivity contribution in [3.63, 3.8) is 0 Å². The number of hydrogen-bond donors (Lipinski definition) is 1. The minimum atomic E-state index is 0.552. The Labute approximate surface area is 84.9 Å². The Bertz CT molecular complexity index is 376. The van der Waals surface area contributed by atoms with Crippen LogP contribution < -0.4 is 5.73 Å². The zero-order chi connectivity index (χ0) is 10.1. The molecule has 0 amide bonds. The molecule has 1 fully saturated rings. The number of aryl methyl sites for hydroxylation is 2. The summed E-state index contributed by atoms with van der Waals surface area (Å²) >= 11 is 0. The van der Waals surface area contributed by atoms with Gasteiger partial charge in [-0.2, -0.15) is 0 Å². The van der Waals surface area contributed by atoms with Crippen LogP contribution in [-0.2, 0) is 0 Å². The van der Waals surface area contributed by atoms with E-state index in [0.29, 0.717) is 5.92 Å². The van der Waals surface area contributed by atoms with Gasteiger partial charge in [0.2, 0.25) is 0 Å². The summed E-state index contributed by atoms with van der Waals surface area (Å²) in [7, 11) is 0. The number of amidine groups is 1. The fraction of sp³-hybridized carbons (Fsp3) is 0.417. The maximum atomic E-state index is 5.87. The molecule has 0 spiro atoms. The van der Waals surface area contributed by atoms with E-state index in [2.05, 4.69) is 31.0 Å². The monoisotopic (exact) mass is 188 g/mol. The van der Waals surface area contributed by atoms with Gasteiger partial charge >= 0.3 is 0 Å². The van der Waals surface area contributed by atoms with Crippen molar-refractivity contribution >= 4 is 11.5 Å². The summed E-state index contributed by atoms with van der Waals surface area (Å²) in [5.41, 5.74) is 9.35. The molecule has 2 heteroatoms. The van der Waals surface area contributed by atoms with E-state index in [-0.39, 0.29) is 0 Å². The first-order valence-electron chi connectivity index (χ1n) is 5.08. The van der Waals surface area contributed by atoms with Gasteiger partial charge in [0.1, 0.15) is 5.84 Å². The van der Waals surface area contributed by atoms with Crippen molar-refractivity contribution in [2.75, 3.05) is 0 Å². The van der Waals surface area contributed by atoms with E-state index in [1.54, 1.807) is 0 Å². The average Bonchev–Trinajstić information content (AvgIpc) is 2.92. The molecule has 0 bridgehead atoms. The highest BCUT2D eigenvalue weighted by molar-refractivity contribution is 5.87. The molecule has 0 unspecified atom stereocenters. The second-order valence-corrected chi connectivity index (χ2v) is 4.10. The van der Waals surface area contributed by atoms with Gasteiger partial charge in [0.15, 0.2) is 0 Å². The summed E-state index contributed by atoms with van der Waals surface area (Å²) in [6.45, 7) is 4.16. The minimum absolute atomic E-state index is 0.552. The Hall–Kier alpha value is -1.31. The van der Waals surface area contributed by atoms with E-state index in [4.69, 9.17) is 5.73 Å². The summed E-state index contributed by atoms with van der Waals surface area (Å²) < 4.78 is 0. The predicted molar refractivity (Wildman–Crippen MR) is 59.9 cm³/mol.